The first-order chi connectivity index (χ1) is 20.5. The van der Waals surface area contributed by atoms with Crippen LogP contribution >= 0.6 is 0 Å². The number of fused-ring (bicyclic) bond motifs is 3. The van der Waals surface area contributed by atoms with E-state index in [9.17, 15) is 29.3 Å². The van der Waals surface area contributed by atoms with Crippen molar-refractivity contribution in [1.29, 1.82) is 0 Å². The van der Waals surface area contributed by atoms with Gasteiger partial charge >= 0.3 is 5.97 Å². The summed E-state index contributed by atoms with van der Waals surface area (Å²) in [7, 11) is 0. The van der Waals surface area contributed by atoms with Crippen LogP contribution in [-0.2, 0) is 30.4 Å². The summed E-state index contributed by atoms with van der Waals surface area (Å²) in [6.45, 7) is 3.96. The van der Waals surface area contributed by atoms with E-state index in [-0.39, 0.29) is 42.5 Å². The molecule has 1 radical (unpaired) electrons. The Morgan fingerprint density at radius 1 is 1.00 bits per heavy atom. The largest absolute Gasteiger partial charge is 0.481 e. The number of halogens is 1. The van der Waals surface area contributed by atoms with Crippen LogP contribution < -0.4 is 5.32 Å². The standard InChI is InChI=1S/C33H35FN2O7.Na/c1-21(2)33-31(29(40)35-25-11-7-4-8-12-25)30(43-31,22-9-5-3-6-10-22)32(41,23-13-15-24(34)16-14-23)36(33)18-17-27(42-33)19-26(37)20-28(38)39;/h3-16,21,26-27,37,41H,17-20H2,1-2H3,(H,35,40)(H,38,39);. The fourth-order valence-electron chi connectivity index (χ4n) is 7.42. The van der Waals surface area contributed by atoms with Gasteiger partial charge in [-0.1, -0.05) is 74.5 Å². The minimum Gasteiger partial charge on any atom is -0.481 e. The summed E-state index contributed by atoms with van der Waals surface area (Å²) in [4.78, 5) is 27.8. The summed E-state index contributed by atoms with van der Waals surface area (Å²) in [5.41, 5.74) is -5.71. The molecule has 3 aromatic carbocycles. The molecule has 6 rings (SSSR count). The zero-order valence-electron chi connectivity index (χ0n) is 24.9. The Morgan fingerprint density at radius 2 is 1.61 bits per heavy atom. The Morgan fingerprint density at radius 3 is 2.20 bits per heavy atom. The molecule has 3 fully saturated rings. The number of carboxylic acids is 1. The molecule has 3 heterocycles. The molecule has 6 unspecified atom stereocenters. The van der Waals surface area contributed by atoms with Crippen molar-refractivity contribution in [2.45, 2.75) is 68.0 Å². The van der Waals surface area contributed by atoms with E-state index in [1.807, 2.05) is 26.0 Å². The topological polar surface area (TPSA) is 132 Å². The zero-order valence-corrected chi connectivity index (χ0v) is 26.9. The second-order valence-electron chi connectivity index (χ2n) is 11.8. The number of ether oxygens (including phenoxy) is 2. The van der Waals surface area contributed by atoms with Gasteiger partial charge in [-0.3, -0.25) is 9.59 Å². The predicted octanol–water partition coefficient (Wildman–Crippen LogP) is 3.58. The van der Waals surface area contributed by atoms with Crippen LogP contribution in [0.2, 0.25) is 0 Å². The number of nitrogens with one attached hydrogen (secondary N) is 1. The summed E-state index contributed by atoms with van der Waals surface area (Å²) < 4.78 is 27.8. The molecule has 0 aliphatic carbocycles. The smallest absolute Gasteiger partial charge is 0.305 e. The predicted molar refractivity (Wildman–Crippen MR) is 160 cm³/mol. The second-order valence-corrected chi connectivity index (χ2v) is 11.8. The van der Waals surface area contributed by atoms with Crippen LogP contribution in [0.3, 0.4) is 0 Å². The first-order valence-corrected chi connectivity index (χ1v) is 14.5. The van der Waals surface area contributed by atoms with E-state index in [0.29, 0.717) is 23.2 Å². The van der Waals surface area contributed by atoms with Crippen LogP contribution in [0.15, 0.2) is 84.9 Å². The fraction of sp³-hybridized carbons (Fsp3) is 0.394. The quantitative estimate of drug-likeness (QED) is 0.213. The average Bonchev–Trinajstić information content (AvgIpc) is 3.67. The monoisotopic (exact) mass is 613 g/mol. The number of aliphatic hydroxyl groups is 2. The van der Waals surface area contributed by atoms with Gasteiger partial charge in [0.2, 0.25) is 5.60 Å². The molecule has 0 aromatic heterocycles. The number of carbonyl (C=O) groups excluding carboxylic acids is 1. The van der Waals surface area contributed by atoms with Crippen molar-refractivity contribution in [3.63, 3.8) is 0 Å². The van der Waals surface area contributed by atoms with E-state index in [2.05, 4.69) is 5.32 Å². The molecule has 227 valence electrons. The third kappa shape index (κ3) is 4.58. The third-order valence-electron chi connectivity index (χ3n) is 9.07. The van der Waals surface area contributed by atoms with E-state index in [0.717, 1.165) is 0 Å². The normalized spacial score (nSPS) is 31.4. The van der Waals surface area contributed by atoms with Crippen LogP contribution in [0.4, 0.5) is 10.1 Å². The molecular formula is C33H35FN2NaO7. The summed E-state index contributed by atoms with van der Waals surface area (Å²) in [6, 6.07) is 23.4. The number of aliphatic carboxylic acids is 1. The van der Waals surface area contributed by atoms with Gasteiger partial charge in [0.05, 0.1) is 18.6 Å². The molecular weight excluding hydrogens is 578 g/mol. The van der Waals surface area contributed by atoms with Gasteiger partial charge in [-0.2, -0.15) is 0 Å². The van der Waals surface area contributed by atoms with Gasteiger partial charge in [-0.25, -0.2) is 9.29 Å². The van der Waals surface area contributed by atoms with Crippen molar-refractivity contribution < 1.29 is 38.8 Å². The number of hydrogen-bond acceptors (Lipinski definition) is 7. The van der Waals surface area contributed by atoms with E-state index in [1.165, 1.54) is 24.3 Å². The summed E-state index contributed by atoms with van der Waals surface area (Å²) in [5, 5.41) is 35.9. The molecule has 0 spiro atoms. The van der Waals surface area contributed by atoms with Gasteiger partial charge < -0.3 is 30.1 Å². The molecule has 6 atom stereocenters. The third-order valence-corrected chi connectivity index (χ3v) is 9.07. The van der Waals surface area contributed by atoms with Crippen LogP contribution in [0.25, 0.3) is 0 Å². The SMILES string of the molecule is CC(C)C12OC(CC(O)CC(=O)O)CCN1C(O)(c1ccc(F)cc1)C1(c3ccccc3)OC21C(=O)Nc1ccccc1.[Na]. The number of epoxide rings is 1. The number of nitrogens with zero attached hydrogens (tertiary/aromatic N) is 1. The Bertz CT molecular complexity index is 1510. The summed E-state index contributed by atoms with van der Waals surface area (Å²) >= 11 is 0. The first kappa shape index (κ1) is 32.7. The maximum atomic E-state index is 14.7. The summed E-state index contributed by atoms with van der Waals surface area (Å²) in [6.07, 6.45) is -1.94. The molecule has 3 aliphatic heterocycles. The minimum atomic E-state index is -2.00. The molecule has 1 amide bonds. The molecule has 44 heavy (non-hydrogen) atoms. The molecule has 3 saturated heterocycles. The Kier molecular flexibility index (Phi) is 8.87. The van der Waals surface area contributed by atoms with Gasteiger partial charge in [0, 0.05) is 53.8 Å². The summed E-state index contributed by atoms with van der Waals surface area (Å²) in [5.74, 6) is -2.62. The molecule has 4 N–H and O–H groups in total. The van der Waals surface area contributed by atoms with E-state index in [4.69, 9.17) is 9.47 Å². The van der Waals surface area contributed by atoms with Gasteiger partial charge in [0.1, 0.15) is 5.82 Å². The molecule has 0 bridgehead atoms. The van der Waals surface area contributed by atoms with Crippen molar-refractivity contribution in [1.82, 2.24) is 4.90 Å². The van der Waals surface area contributed by atoms with Gasteiger partial charge in [0.25, 0.3) is 5.91 Å². The number of morpholine rings is 1. The van der Waals surface area contributed by atoms with Gasteiger partial charge in [-0.15, -0.1) is 0 Å². The first-order valence-electron chi connectivity index (χ1n) is 14.5. The number of aliphatic hydroxyl groups excluding tert-OH is 1. The Balaban J connectivity index is 0.00000384. The number of para-hydroxylation sites is 1. The van der Waals surface area contributed by atoms with Crippen LogP contribution in [0.1, 0.15) is 44.2 Å². The molecule has 0 saturated carbocycles. The van der Waals surface area contributed by atoms with Crippen molar-refractivity contribution in [2.24, 2.45) is 5.92 Å². The van der Waals surface area contributed by atoms with Crippen molar-refractivity contribution >= 4 is 47.1 Å². The number of rotatable bonds is 9. The van der Waals surface area contributed by atoms with Crippen molar-refractivity contribution in [3.8, 4) is 0 Å². The zero-order chi connectivity index (χ0) is 30.6. The number of carbonyl (C=O) groups is 2. The number of benzene rings is 3. The van der Waals surface area contributed by atoms with Gasteiger partial charge in [-0.05, 0) is 42.2 Å². The van der Waals surface area contributed by atoms with Crippen LogP contribution in [0.5, 0.6) is 0 Å². The molecule has 11 heteroatoms. The number of anilines is 1. The Labute approximate surface area is 277 Å². The van der Waals surface area contributed by atoms with E-state index >= 15 is 0 Å². The fourth-order valence-corrected chi connectivity index (χ4v) is 7.42. The molecule has 3 aliphatic rings. The van der Waals surface area contributed by atoms with E-state index in [1.54, 1.807) is 53.4 Å². The minimum absolute atomic E-state index is 0. The average molecular weight is 614 g/mol. The Hall–Kier alpha value is -2.67. The number of amides is 1. The van der Waals surface area contributed by atoms with Crippen molar-refractivity contribution in [3.05, 3.63) is 102 Å². The number of carboxylic acid groups (broad SMARTS) is 1. The molecule has 9 nitrogen and oxygen atoms in total. The van der Waals surface area contributed by atoms with Gasteiger partial charge in [0.15, 0.2) is 17.1 Å². The number of hydrogen-bond donors (Lipinski definition) is 4. The van der Waals surface area contributed by atoms with Crippen LogP contribution in [-0.4, -0.2) is 91.7 Å². The van der Waals surface area contributed by atoms with Crippen molar-refractivity contribution in [2.75, 3.05) is 11.9 Å². The molecule has 3 aromatic rings. The van der Waals surface area contributed by atoms with E-state index < -0.39 is 64.9 Å². The van der Waals surface area contributed by atoms with Crippen LogP contribution in [0, 0.1) is 11.7 Å². The maximum absolute atomic E-state index is 14.7. The maximum Gasteiger partial charge on any atom is 0.305 e. The second kappa shape index (κ2) is 11.9.